The number of rotatable bonds is 10. The molecule has 1 N–H and O–H groups in total. The van der Waals surface area contributed by atoms with Gasteiger partial charge in [0.25, 0.3) is 16.3 Å². The highest BCUT2D eigenvalue weighted by Gasteiger charge is 2.36. The van der Waals surface area contributed by atoms with E-state index in [4.69, 9.17) is 9.57 Å². The van der Waals surface area contributed by atoms with Crippen LogP contribution in [0, 0.1) is 18.0 Å². The Bertz CT molecular complexity index is 1660. The first-order valence-electron chi connectivity index (χ1n) is 13.9. The third-order valence-electron chi connectivity index (χ3n) is 6.84. The van der Waals surface area contributed by atoms with Gasteiger partial charge in [0.1, 0.15) is 0 Å². The molecule has 2 unspecified atom stereocenters. The Balaban J connectivity index is 1.46. The summed E-state index contributed by atoms with van der Waals surface area (Å²) in [6, 6.07) is 12.6. The number of nitrogens with zero attached hydrogens (tertiary/aromatic N) is 5. The molecule has 0 saturated carbocycles. The number of hydrogen-bond donors (Lipinski definition) is 1. The lowest BCUT2D eigenvalue weighted by molar-refractivity contribution is -0.715. The maximum Gasteiger partial charge on any atom is 0.435 e. The molecule has 2 atom stereocenters. The molecule has 13 nitrogen and oxygen atoms in total. The summed E-state index contributed by atoms with van der Waals surface area (Å²) in [5.74, 6) is -2.30. The van der Waals surface area contributed by atoms with Gasteiger partial charge in [-0.2, -0.15) is 18.3 Å². The molecule has 2 aromatic carbocycles. The summed E-state index contributed by atoms with van der Waals surface area (Å²) < 4.78 is 74.5. The summed E-state index contributed by atoms with van der Waals surface area (Å²) in [6.45, 7) is 4.84. The standard InChI is InChI=1S/C28H31F3N6O7S/c1-4-26(38)43-19(3)44-34-37(40)35-15-5-6-21(17-35)27(39)33-45(41,42)23-13-11-22(12-14-23)36-24(16-25(32-36)28(29,30)31)20-9-7-18(2)8-10-20/h7-14,16,19,21H,4-6,15,17H2,1-3H3,(H,33,39). The third-order valence-corrected chi connectivity index (χ3v) is 8.20. The first kappa shape index (κ1) is 33.2. The molecule has 3 aromatic rings. The Kier molecular flexibility index (Phi) is 10.00. The molecular formula is C28H31F3N6O7S. The molecule has 17 heteroatoms. The molecule has 2 heterocycles. The number of aryl methyl sites for hydroxylation is 1. The molecule has 1 fully saturated rings. The molecular weight excluding hydrogens is 621 g/mol. The molecule has 4 rings (SSSR count). The summed E-state index contributed by atoms with van der Waals surface area (Å²) >= 11 is 0. The first-order chi connectivity index (χ1) is 21.2. The third kappa shape index (κ3) is 8.29. The molecule has 1 amide bonds. The van der Waals surface area contributed by atoms with E-state index in [2.05, 4.69) is 10.4 Å². The van der Waals surface area contributed by atoms with Crippen LogP contribution in [0.3, 0.4) is 0 Å². The minimum atomic E-state index is -4.71. The first-order valence-corrected chi connectivity index (χ1v) is 15.4. The van der Waals surface area contributed by atoms with Crippen LogP contribution >= 0.6 is 0 Å². The van der Waals surface area contributed by atoms with Crippen molar-refractivity contribution in [2.24, 2.45) is 11.2 Å². The van der Waals surface area contributed by atoms with Gasteiger partial charge in [-0.25, -0.2) is 17.8 Å². The van der Waals surface area contributed by atoms with E-state index < -0.39 is 46.0 Å². The van der Waals surface area contributed by atoms with Gasteiger partial charge in [0.2, 0.25) is 11.2 Å². The zero-order valence-corrected chi connectivity index (χ0v) is 25.3. The number of nitrogens with one attached hydrogen (secondary N) is 1. The molecule has 1 aromatic heterocycles. The largest absolute Gasteiger partial charge is 0.569 e. The Morgan fingerprint density at radius 3 is 2.47 bits per heavy atom. The second-order valence-electron chi connectivity index (χ2n) is 10.3. The van der Waals surface area contributed by atoms with Gasteiger partial charge < -0.3 is 9.94 Å². The Labute approximate surface area is 256 Å². The smallest absolute Gasteiger partial charge is 0.435 e. The number of ether oxygens (including phenoxy) is 1. The van der Waals surface area contributed by atoms with E-state index in [0.717, 1.165) is 33.5 Å². The minimum Gasteiger partial charge on any atom is -0.569 e. The predicted molar refractivity (Wildman–Crippen MR) is 151 cm³/mol. The number of hydrazine groups is 1. The number of benzene rings is 2. The minimum absolute atomic E-state index is 0.104. The van der Waals surface area contributed by atoms with Crippen molar-refractivity contribution in [3.63, 3.8) is 0 Å². The summed E-state index contributed by atoms with van der Waals surface area (Å²) in [4.78, 5) is 28.9. The van der Waals surface area contributed by atoms with Crippen molar-refractivity contribution in [1.29, 1.82) is 0 Å². The van der Waals surface area contributed by atoms with E-state index in [-0.39, 0.29) is 40.8 Å². The fourth-order valence-electron chi connectivity index (χ4n) is 4.46. The zero-order valence-electron chi connectivity index (χ0n) is 24.5. The van der Waals surface area contributed by atoms with Crippen molar-refractivity contribution in [3.8, 4) is 16.9 Å². The number of sulfonamides is 1. The summed E-state index contributed by atoms with van der Waals surface area (Å²) in [5.41, 5.74) is 0.575. The molecule has 45 heavy (non-hydrogen) atoms. The number of carbonyl (C=O) groups excluding carboxylic acids is 2. The Morgan fingerprint density at radius 2 is 1.84 bits per heavy atom. The van der Waals surface area contributed by atoms with Gasteiger partial charge in [0, 0.05) is 18.9 Å². The number of carbonyl (C=O) groups is 2. The number of hydrogen-bond acceptors (Lipinski definition) is 9. The number of aromatic nitrogens is 2. The second-order valence-corrected chi connectivity index (χ2v) is 11.9. The van der Waals surface area contributed by atoms with Crippen LogP contribution in [0.1, 0.15) is 44.4 Å². The summed E-state index contributed by atoms with van der Waals surface area (Å²) in [5, 5.41) is 20.5. The van der Waals surface area contributed by atoms with Crippen molar-refractivity contribution in [2.45, 2.75) is 57.4 Å². The Hall–Kier alpha value is -4.67. The summed E-state index contributed by atoms with van der Waals surface area (Å²) in [7, 11) is -4.38. The molecule has 1 aliphatic rings. The highest BCUT2D eigenvalue weighted by molar-refractivity contribution is 7.90. The predicted octanol–water partition coefficient (Wildman–Crippen LogP) is 4.49. The number of alkyl halides is 3. The lowest BCUT2D eigenvalue weighted by atomic mass is 9.99. The molecule has 0 bridgehead atoms. The molecule has 1 saturated heterocycles. The van der Waals surface area contributed by atoms with E-state index >= 15 is 0 Å². The van der Waals surface area contributed by atoms with E-state index in [0.29, 0.717) is 18.4 Å². The van der Waals surface area contributed by atoms with Crippen LogP contribution in [0.2, 0.25) is 0 Å². The van der Waals surface area contributed by atoms with Crippen molar-refractivity contribution >= 4 is 21.9 Å². The number of piperidine rings is 1. The molecule has 0 radical (unpaired) electrons. The van der Waals surface area contributed by atoms with E-state index in [1.165, 1.54) is 19.1 Å². The molecule has 1 aliphatic heterocycles. The van der Waals surface area contributed by atoms with E-state index in [1.807, 2.05) is 11.6 Å². The molecule has 242 valence electrons. The number of esters is 1. The quantitative estimate of drug-likeness (QED) is 0.110. The van der Waals surface area contributed by atoms with Gasteiger partial charge in [0.05, 0.1) is 40.3 Å². The van der Waals surface area contributed by atoms with Crippen molar-refractivity contribution in [3.05, 3.63) is 71.1 Å². The topological polar surface area (TPSA) is 158 Å². The van der Waals surface area contributed by atoms with Gasteiger partial charge in [-0.05, 0) is 50.1 Å². The SMILES string of the molecule is CCC(=O)OC(C)ON=[N+]([O-])N1CCCC(C(=O)NS(=O)(=O)c2ccc(-n3nc(C(F)(F)F)cc3-c3ccc(C)cc3)cc2)C1. The average molecular weight is 653 g/mol. The van der Waals surface area contributed by atoms with Crippen LogP contribution < -0.4 is 4.72 Å². The highest BCUT2D eigenvalue weighted by atomic mass is 32.2. The fraction of sp³-hybridized carbons (Fsp3) is 0.393. The van der Waals surface area contributed by atoms with Crippen LogP contribution in [-0.4, -0.2) is 59.4 Å². The normalized spacial score (nSPS) is 16.6. The van der Waals surface area contributed by atoms with Gasteiger partial charge in [-0.3, -0.25) is 14.4 Å². The molecule has 0 spiro atoms. The molecule has 0 aliphatic carbocycles. The van der Waals surface area contributed by atoms with Crippen LogP contribution in [0.5, 0.6) is 0 Å². The second kappa shape index (κ2) is 13.5. The Morgan fingerprint density at radius 1 is 1.18 bits per heavy atom. The van der Waals surface area contributed by atoms with Gasteiger partial charge in [-0.15, -0.1) is 5.01 Å². The lowest BCUT2D eigenvalue weighted by Crippen LogP contribution is -2.46. The van der Waals surface area contributed by atoms with E-state index in [9.17, 15) is 36.4 Å². The highest BCUT2D eigenvalue weighted by Crippen LogP contribution is 2.33. The monoisotopic (exact) mass is 652 g/mol. The maximum atomic E-state index is 13.5. The average Bonchev–Trinajstić information content (AvgIpc) is 3.46. The van der Waals surface area contributed by atoms with Crippen LogP contribution in [0.15, 0.2) is 64.8 Å². The van der Waals surface area contributed by atoms with Gasteiger partial charge in [-0.1, -0.05) is 36.8 Å². The number of amides is 1. The zero-order chi connectivity index (χ0) is 32.9. The van der Waals surface area contributed by atoms with E-state index in [1.54, 1.807) is 31.2 Å². The van der Waals surface area contributed by atoms with Crippen LogP contribution in [0.4, 0.5) is 13.2 Å². The van der Waals surface area contributed by atoms with Gasteiger partial charge >= 0.3 is 12.1 Å². The van der Waals surface area contributed by atoms with Crippen molar-refractivity contribution < 1.29 is 45.7 Å². The fourth-order valence-corrected chi connectivity index (χ4v) is 5.51. The van der Waals surface area contributed by atoms with Gasteiger partial charge in [0.15, 0.2) is 5.69 Å². The van der Waals surface area contributed by atoms with Crippen LogP contribution in [-0.2, 0) is 35.4 Å². The van der Waals surface area contributed by atoms with Crippen LogP contribution in [0.25, 0.3) is 16.9 Å². The maximum absolute atomic E-state index is 13.5. The van der Waals surface area contributed by atoms with Crippen molar-refractivity contribution in [2.75, 3.05) is 13.1 Å². The lowest BCUT2D eigenvalue weighted by Gasteiger charge is -2.28. The van der Waals surface area contributed by atoms with Crippen molar-refractivity contribution in [1.82, 2.24) is 19.5 Å². The number of halogens is 3. The summed E-state index contributed by atoms with van der Waals surface area (Å²) in [6.07, 6.45) is -5.07.